The minimum absolute atomic E-state index is 0.0930. The first kappa shape index (κ1) is 30.1. The Morgan fingerprint density at radius 2 is 1.89 bits per heavy atom. The molecule has 1 aliphatic heterocycles. The Bertz CT molecular complexity index is 1160. The number of hydrogen-bond donors (Lipinski definition) is 3. The normalized spacial score (nSPS) is 24.5. The van der Waals surface area contributed by atoms with Crippen LogP contribution in [0, 0.1) is 11.7 Å². The first-order valence-electron chi connectivity index (χ1n) is 12.1. The van der Waals surface area contributed by atoms with Crippen LogP contribution in [-0.4, -0.2) is 81.5 Å². The number of hydrogen-bond acceptors (Lipinski definition) is 7. The second kappa shape index (κ2) is 13.1. The van der Waals surface area contributed by atoms with E-state index in [-0.39, 0.29) is 35.3 Å². The molecule has 1 aliphatic carbocycles. The third-order valence-electron chi connectivity index (χ3n) is 6.47. The van der Waals surface area contributed by atoms with Gasteiger partial charge in [0.2, 0.25) is 0 Å². The fourth-order valence-electron chi connectivity index (χ4n) is 4.30. The monoisotopic (exact) mass is 567 g/mol. The third-order valence-corrected chi connectivity index (χ3v) is 7.85. The van der Waals surface area contributed by atoms with E-state index in [1.807, 2.05) is 11.9 Å². The number of piperidine rings is 1. The molecule has 212 valence electrons. The van der Waals surface area contributed by atoms with Crippen molar-refractivity contribution < 1.29 is 41.7 Å². The highest BCUT2D eigenvalue weighted by molar-refractivity contribution is 7.99. The van der Waals surface area contributed by atoms with Gasteiger partial charge in [-0.1, -0.05) is 0 Å². The van der Waals surface area contributed by atoms with Gasteiger partial charge in [-0.2, -0.15) is 24.9 Å². The molecule has 14 heteroatoms. The van der Waals surface area contributed by atoms with E-state index in [0.717, 1.165) is 32.2 Å². The van der Waals surface area contributed by atoms with Crippen molar-refractivity contribution in [1.29, 1.82) is 0 Å². The molecule has 1 aromatic heterocycles. The summed E-state index contributed by atoms with van der Waals surface area (Å²) in [5, 5.41) is 17.1. The number of fused-ring (bicyclic) bond motifs is 1. The highest BCUT2D eigenvalue weighted by Gasteiger charge is 2.38. The molecule has 0 radical (unpaired) electrons. The standard InChI is InChI=1S/C22H29F2N3O3S.C2HF3O2/c1-27-7-6-13(18(24)10-27)11-30-15-8-17(23)21-19(9-15)25-20(26-22(21)29)12-31-16-4-2-14(28)3-5-16;3-2(4,5)1(6)7/h8-9,13-14,16,18,28H,2-7,10-12H2,1H3,(H,25,26,29);(H,6,7)/t13-,14-,16-,18+;/m0./s1. The zero-order valence-electron chi connectivity index (χ0n) is 20.6. The summed E-state index contributed by atoms with van der Waals surface area (Å²) >= 11 is 1.69. The van der Waals surface area contributed by atoms with Gasteiger partial charge in [0.15, 0.2) is 0 Å². The Morgan fingerprint density at radius 1 is 1.24 bits per heavy atom. The third kappa shape index (κ3) is 8.53. The summed E-state index contributed by atoms with van der Waals surface area (Å²) in [6.07, 6.45) is -2.13. The number of likely N-dealkylation sites (tertiary alicyclic amines) is 1. The van der Waals surface area contributed by atoms with Gasteiger partial charge < -0.3 is 24.8 Å². The molecule has 0 unspecified atom stereocenters. The number of thioether (sulfide) groups is 1. The molecule has 1 saturated carbocycles. The van der Waals surface area contributed by atoms with Crippen molar-refractivity contribution in [2.45, 2.75) is 61.6 Å². The number of aliphatic carboxylic acids is 1. The summed E-state index contributed by atoms with van der Waals surface area (Å²) in [5.74, 6) is -2.42. The zero-order chi connectivity index (χ0) is 28.0. The van der Waals surface area contributed by atoms with Gasteiger partial charge in [-0.3, -0.25) is 4.79 Å². The van der Waals surface area contributed by atoms with Gasteiger partial charge in [-0.15, -0.1) is 0 Å². The largest absolute Gasteiger partial charge is 0.493 e. The molecule has 8 nitrogen and oxygen atoms in total. The predicted molar refractivity (Wildman–Crippen MR) is 132 cm³/mol. The number of H-pyrrole nitrogens is 1. The fourth-order valence-corrected chi connectivity index (χ4v) is 5.44. The quantitative estimate of drug-likeness (QED) is 0.451. The number of aliphatic hydroxyl groups excluding tert-OH is 1. The Hall–Kier alpha value is -2.45. The van der Waals surface area contributed by atoms with Crippen molar-refractivity contribution in [1.82, 2.24) is 14.9 Å². The lowest BCUT2D eigenvalue weighted by molar-refractivity contribution is -0.192. The number of alkyl halides is 4. The van der Waals surface area contributed by atoms with Crippen molar-refractivity contribution in [3.63, 3.8) is 0 Å². The average molecular weight is 568 g/mol. The van der Waals surface area contributed by atoms with Gasteiger partial charge in [0.1, 0.15) is 28.9 Å². The van der Waals surface area contributed by atoms with Crippen LogP contribution in [0.4, 0.5) is 22.0 Å². The maximum Gasteiger partial charge on any atom is 0.490 e. The summed E-state index contributed by atoms with van der Waals surface area (Å²) in [5.41, 5.74) is -0.267. The second-order valence-electron chi connectivity index (χ2n) is 9.49. The molecule has 0 spiro atoms. The molecule has 2 fully saturated rings. The minimum Gasteiger partial charge on any atom is -0.493 e. The van der Waals surface area contributed by atoms with E-state index in [2.05, 4.69) is 9.97 Å². The molecule has 2 aliphatic rings. The lowest BCUT2D eigenvalue weighted by atomic mass is 9.96. The molecular weight excluding hydrogens is 537 g/mol. The van der Waals surface area contributed by atoms with Gasteiger partial charge in [-0.25, -0.2) is 18.6 Å². The average Bonchev–Trinajstić information content (AvgIpc) is 2.82. The number of benzene rings is 1. The molecular formula is C24H30F5N3O5S. The van der Waals surface area contributed by atoms with E-state index in [1.165, 1.54) is 6.07 Å². The number of nitrogens with one attached hydrogen (secondary N) is 1. The fraction of sp³-hybridized carbons (Fsp3) is 0.625. The maximum atomic E-state index is 14.6. The molecule has 4 rings (SSSR count). The Balaban J connectivity index is 0.000000505. The van der Waals surface area contributed by atoms with Crippen molar-refractivity contribution in [2.75, 3.05) is 26.7 Å². The van der Waals surface area contributed by atoms with Crippen LogP contribution in [0.3, 0.4) is 0 Å². The van der Waals surface area contributed by atoms with E-state index in [1.54, 1.807) is 17.8 Å². The second-order valence-corrected chi connectivity index (χ2v) is 10.8. The van der Waals surface area contributed by atoms with E-state index in [0.29, 0.717) is 29.8 Å². The number of carbonyl (C=O) groups is 1. The van der Waals surface area contributed by atoms with Crippen LogP contribution in [0.5, 0.6) is 5.75 Å². The number of carboxylic acids is 1. The first-order chi connectivity index (χ1) is 17.8. The SMILES string of the molecule is CN1CC[C@@H](COc2cc(F)c3c(=O)[nH]c(CS[C@H]4CC[C@H](O)CC4)nc3c2)[C@H](F)C1.O=C(O)C(F)(F)F. The summed E-state index contributed by atoms with van der Waals surface area (Å²) < 4.78 is 66.3. The number of aromatic amines is 1. The lowest BCUT2D eigenvalue weighted by Gasteiger charge is -2.32. The number of rotatable bonds is 6. The van der Waals surface area contributed by atoms with Gasteiger partial charge >= 0.3 is 12.1 Å². The lowest BCUT2D eigenvalue weighted by Crippen LogP contribution is -2.41. The van der Waals surface area contributed by atoms with Crippen LogP contribution in [0.1, 0.15) is 37.9 Å². The summed E-state index contributed by atoms with van der Waals surface area (Å²) in [7, 11) is 1.89. The Morgan fingerprint density at radius 3 is 2.50 bits per heavy atom. The minimum atomic E-state index is -5.08. The molecule has 3 N–H and O–H groups in total. The Labute approximate surface area is 219 Å². The van der Waals surface area contributed by atoms with Crippen LogP contribution >= 0.6 is 11.8 Å². The van der Waals surface area contributed by atoms with Gasteiger partial charge in [0.05, 0.1) is 24.0 Å². The molecule has 0 bridgehead atoms. The van der Waals surface area contributed by atoms with Crippen LogP contribution in [0.25, 0.3) is 10.9 Å². The number of nitrogens with zero attached hydrogens (tertiary/aromatic N) is 2. The highest BCUT2D eigenvalue weighted by Crippen LogP contribution is 2.30. The van der Waals surface area contributed by atoms with Gasteiger partial charge in [-0.05, 0) is 45.7 Å². The van der Waals surface area contributed by atoms with Crippen molar-refractivity contribution in [3.8, 4) is 5.75 Å². The van der Waals surface area contributed by atoms with E-state index in [9.17, 15) is 31.9 Å². The summed E-state index contributed by atoms with van der Waals surface area (Å²) in [6, 6.07) is 2.73. The first-order valence-corrected chi connectivity index (χ1v) is 13.2. The summed E-state index contributed by atoms with van der Waals surface area (Å²) in [4.78, 5) is 30.4. The summed E-state index contributed by atoms with van der Waals surface area (Å²) in [6.45, 7) is 1.34. The maximum absolute atomic E-state index is 14.6. The zero-order valence-corrected chi connectivity index (χ0v) is 21.5. The predicted octanol–water partition coefficient (Wildman–Crippen LogP) is 3.90. The van der Waals surface area contributed by atoms with Crippen LogP contribution in [-0.2, 0) is 10.5 Å². The van der Waals surface area contributed by atoms with E-state index in [4.69, 9.17) is 14.6 Å². The topological polar surface area (TPSA) is 116 Å². The highest BCUT2D eigenvalue weighted by atomic mass is 32.2. The molecule has 1 aromatic carbocycles. The van der Waals surface area contributed by atoms with Crippen LogP contribution in [0.15, 0.2) is 16.9 Å². The molecule has 1 saturated heterocycles. The van der Waals surface area contributed by atoms with Crippen molar-refractivity contribution in [3.05, 3.63) is 34.1 Å². The number of aliphatic hydroxyl groups is 1. The van der Waals surface area contributed by atoms with E-state index >= 15 is 0 Å². The van der Waals surface area contributed by atoms with Gasteiger partial charge in [0, 0.05) is 29.8 Å². The number of halogens is 5. The number of aromatic nitrogens is 2. The van der Waals surface area contributed by atoms with Gasteiger partial charge in [0.25, 0.3) is 5.56 Å². The number of ether oxygens (including phenoxy) is 1. The molecule has 2 heterocycles. The molecule has 2 atom stereocenters. The van der Waals surface area contributed by atoms with Crippen LogP contribution in [0.2, 0.25) is 0 Å². The molecule has 38 heavy (non-hydrogen) atoms. The smallest absolute Gasteiger partial charge is 0.490 e. The van der Waals surface area contributed by atoms with Crippen molar-refractivity contribution in [2.24, 2.45) is 5.92 Å². The molecule has 2 aromatic rings. The Kier molecular flexibility index (Phi) is 10.4. The number of carboxylic acid groups (broad SMARTS) is 1. The van der Waals surface area contributed by atoms with Crippen LogP contribution < -0.4 is 10.3 Å². The van der Waals surface area contributed by atoms with Crippen molar-refractivity contribution >= 4 is 28.6 Å². The molecule has 0 amide bonds. The van der Waals surface area contributed by atoms with E-state index < -0.39 is 29.7 Å².